The topological polar surface area (TPSA) is 126 Å². The number of halogens is 1. The van der Waals surface area contributed by atoms with Crippen LogP contribution in [0.2, 0.25) is 0 Å². The summed E-state index contributed by atoms with van der Waals surface area (Å²) in [6.07, 6.45) is 6.42. The van der Waals surface area contributed by atoms with Crippen LogP contribution in [-0.2, 0) is 9.59 Å². The molecule has 1 aliphatic carbocycles. The molecule has 1 saturated carbocycles. The SMILES string of the molecule is O=C(N/N=C/c1ccc(OC(=O)c2ccccc2F)cc1)C(=O)Nc1ccccc1C(=O)NC1CCCCC1. The van der Waals surface area contributed by atoms with Crippen LogP contribution in [0.3, 0.4) is 0 Å². The lowest BCUT2D eigenvalue weighted by Gasteiger charge is -2.23. The highest BCUT2D eigenvalue weighted by atomic mass is 19.1. The van der Waals surface area contributed by atoms with Crippen LogP contribution in [-0.4, -0.2) is 35.9 Å². The van der Waals surface area contributed by atoms with Crippen molar-refractivity contribution in [1.82, 2.24) is 10.7 Å². The molecule has 10 heteroatoms. The highest BCUT2D eigenvalue weighted by molar-refractivity contribution is 6.40. The molecule has 0 aliphatic heterocycles. The fourth-order valence-electron chi connectivity index (χ4n) is 4.11. The van der Waals surface area contributed by atoms with Gasteiger partial charge in [-0.1, -0.05) is 43.5 Å². The normalized spacial score (nSPS) is 13.5. The summed E-state index contributed by atoms with van der Waals surface area (Å²) in [4.78, 5) is 49.5. The van der Waals surface area contributed by atoms with Crippen molar-refractivity contribution in [3.05, 3.63) is 95.3 Å². The van der Waals surface area contributed by atoms with Gasteiger partial charge in [0.25, 0.3) is 5.91 Å². The van der Waals surface area contributed by atoms with Gasteiger partial charge in [-0.2, -0.15) is 5.10 Å². The number of esters is 1. The minimum atomic E-state index is -1.02. The number of rotatable bonds is 7. The Labute approximate surface area is 224 Å². The number of carbonyl (C=O) groups excluding carboxylic acids is 4. The maximum atomic E-state index is 13.7. The van der Waals surface area contributed by atoms with E-state index in [1.54, 1.807) is 36.4 Å². The van der Waals surface area contributed by atoms with E-state index in [1.165, 1.54) is 42.6 Å². The monoisotopic (exact) mass is 530 g/mol. The number of hydrogen-bond donors (Lipinski definition) is 3. The van der Waals surface area contributed by atoms with Crippen molar-refractivity contribution < 1.29 is 28.3 Å². The van der Waals surface area contributed by atoms with Crippen molar-refractivity contribution >= 4 is 35.6 Å². The van der Waals surface area contributed by atoms with Gasteiger partial charge in [-0.05, 0) is 66.9 Å². The Morgan fingerprint density at radius 2 is 1.49 bits per heavy atom. The summed E-state index contributed by atoms with van der Waals surface area (Å²) in [6, 6.07) is 18.1. The molecule has 0 atom stereocenters. The molecule has 1 fully saturated rings. The number of benzene rings is 3. The number of nitrogens with one attached hydrogen (secondary N) is 3. The van der Waals surface area contributed by atoms with Crippen molar-refractivity contribution in [3.63, 3.8) is 0 Å². The van der Waals surface area contributed by atoms with Crippen molar-refractivity contribution in [2.45, 2.75) is 38.1 Å². The summed E-state index contributed by atoms with van der Waals surface area (Å²) >= 11 is 0. The number of amides is 3. The van der Waals surface area contributed by atoms with E-state index in [2.05, 4.69) is 21.2 Å². The standard InChI is InChI=1S/C29H27FN4O5/c30-24-12-6-4-10-22(24)29(38)39-21-16-14-19(15-17-21)18-31-34-28(37)27(36)33-25-13-7-5-11-23(25)26(35)32-20-8-2-1-3-9-20/h4-7,10-18,20H,1-3,8-9H2,(H,32,35)(H,33,36)(H,34,37)/b31-18+. The zero-order chi connectivity index (χ0) is 27.6. The van der Waals surface area contributed by atoms with Gasteiger partial charge >= 0.3 is 17.8 Å². The zero-order valence-corrected chi connectivity index (χ0v) is 21.0. The van der Waals surface area contributed by atoms with Crippen molar-refractivity contribution in [1.29, 1.82) is 0 Å². The van der Waals surface area contributed by atoms with Crippen LogP contribution >= 0.6 is 0 Å². The maximum Gasteiger partial charge on any atom is 0.346 e. The third kappa shape index (κ3) is 7.57. The van der Waals surface area contributed by atoms with Crippen LogP contribution in [0.25, 0.3) is 0 Å². The summed E-state index contributed by atoms with van der Waals surface area (Å²) in [6.45, 7) is 0. The van der Waals surface area contributed by atoms with Crippen LogP contribution in [0.15, 0.2) is 77.9 Å². The molecule has 0 saturated heterocycles. The number of para-hydroxylation sites is 1. The molecule has 3 N–H and O–H groups in total. The molecular formula is C29H27FN4O5. The Hall–Kier alpha value is -4.86. The van der Waals surface area contributed by atoms with Gasteiger partial charge in [0, 0.05) is 6.04 Å². The van der Waals surface area contributed by atoms with E-state index in [-0.39, 0.29) is 34.5 Å². The Morgan fingerprint density at radius 3 is 2.21 bits per heavy atom. The lowest BCUT2D eigenvalue weighted by Crippen LogP contribution is -2.37. The summed E-state index contributed by atoms with van der Waals surface area (Å²) in [5.41, 5.74) is 2.97. The number of ether oxygens (including phenoxy) is 1. The third-order valence-corrected chi connectivity index (χ3v) is 6.13. The van der Waals surface area contributed by atoms with Crippen molar-refractivity contribution in [3.8, 4) is 5.75 Å². The Balaban J connectivity index is 1.29. The zero-order valence-electron chi connectivity index (χ0n) is 21.0. The fraction of sp³-hybridized carbons (Fsp3) is 0.207. The molecule has 3 aromatic rings. The van der Waals surface area contributed by atoms with E-state index in [0.29, 0.717) is 5.56 Å². The molecule has 3 amide bonds. The van der Waals surface area contributed by atoms with E-state index in [9.17, 15) is 23.6 Å². The summed E-state index contributed by atoms with van der Waals surface area (Å²) in [5, 5.41) is 9.22. The van der Waals surface area contributed by atoms with Crippen molar-refractivity contribution in [2.24, 2.45) is 5.10 Å². The molecule has 9 nitrogen and oxygen atoms in total. The lowest BCUT2D eigenvalue weighted by molar-refractivity contribution is -0.136. The van der Waals surface area contributed by atoms with E-state index in [4.69, 9.17) is 4.74 Å². The van der Waals surface area contributed by atoms with E-state index in [1.807, 2.05) is 0 Å². The molecule has 4 rings (SSSR count). The maximum absolute atomic E-state index is 13.7. The van der Waals surface area contributed by atoms with Gasteiger partial charge in [-0.15, -0.1) is 0 Å². The van der Waals surface area contributed by atoms with Crippen LogP contribution in [0.4, 0.5) is 10.1 Å². The molecular weight excluding hydrogens is 503 g/mol. The quantitative estimate of drug-likeness (QED) is 0.139. The molecule has 0 aromatic heterocycles. The van der Waals surface area contributed by atoms with E-state index < -0.39 is 23.6 Å². The van der Waals surface area contributed by atoms with Gasteiger partial charge in [-0.3, -0.25) is 14.4 Å². The van der Waals surface area contributed by atoms with Gasteiger partial charge in [0.05, 0.1) is 23.0 Å². The Bertz CT molecular complexity index is 1380. The second-order valence-electron chi connectivity index (χ2n) is 8.95. The highest BCUT2D eigenvalue weighted by Crippen LogP contribution is 2.20. The number of anilines is 1. The first-order valence-corrected chi connectivity index (χ1v) is 12.5. The van der Waals surface area contributed by atoms with Crippen LogP contribution in [0.1, 0.15) is 58.4 Å². The molecule has 0 unspecified atom stereocenters. The highest BCUT2D eigenvalue weighted by Gasteiger charge is 2.21. The predicted molar refractivity (Wildman–Crippen MR) is 143 cm³/mol. The Kier molecular flexibility index (Phi) is 9.12. The van der Waals surface area contributed by atoms with E-state index in [0.717, 1.165) is 32.1 Å². The molecule has 0 bridgehead atoms. The second-order valence-corrected chi connectivity index (χ2v) is 8.95. The molecule has 39 heavy (non-hydrogen) atoms. The first-order valence-electron chi connectivity index (χ1n) is 12.5. The van der Waals surface area contributed by atoms with Gasteiger partial charge in [0.15, 0.2) is 0 Å². The molecule has 3 aromatic carbocycles. The number of carbonyl (C=O) groups is 4. The predicted octanol–water partition coefficient (Wildman–Crippen LogP) is 4.20. The largest absolute Gasteiger partial charge is 0.423 e. The van der Waals surface area contributed by atoms with Crippen LogP contribution in [0.5, 0.6) is 5.75 Å². The molecule has 200 valence electrons. The number of nitrogens with zero attached hydrogens (tertiary/aromatic N) is 1. The first kappa shape index (κ1) is 27.2. The van der Waals surface area contributed by atoms with Crippen LogP contribution < -0.4 is 20.8 Å². The van der Waals surface area contributed by atoms with Gasteiger partial charge < -0.3 is 15.4 Å². The summed E-state index contributed by atoms with van der Waals surface area (Å²) in [5.74, 6) is -3.64. The van der Waals surface area contributed by atoms with Crippen molar-refractivity contribution in [2.75, 3.05) is 5.32 Å². The molecule has 0 radical (unpaired) electrons. The average Bonchev–Trinajstić information content (AvgIpc) is 2.95. The van der Waals surface area contributed by atoms with Gasteiger partial charge in [0.1, 0.15) is 11.6 Å². The lowest BCUT2D eigenvalue weighted by atomic mass is 9.95. The number of hydrazone groups is 1. The second kappa shape index (κ2) is 13.1. The van der Waals surface area contributed by atoms with Gasteiger partial charge in [0.2, 0.25) is 0 Å². The smallest absolute Gasteiger partial charge is 0.346 e. The third-order valence-electron chi connectivity index (χ3n) is 6.13. The molecule has 1 aliphatic rings. The Morgan fingerprint density at radius 1 is 0.821 bits per heavy atom. The minimum absolute atomic E-state index is 0.0978. The van der Waals surface area contributed by atoms with Crippen LogP contribution in [0, 0.1) is 5.82 Å². The first-order chi connectivity index (χ1) is 18.9. The average molecular weight is 531 g/mol. The molecule has 0 spiro atoms. The summed E-state index contributed by atoms with van der Waals surface area (Å²) < 4.78 is 18.9. The fourth-order valence-corrected chi connectivity index (χ4v) is 4.11. The minimum Gasteiger partial charge on any atom is -0.423 e. The van der Waals surface area contributed by atoms with Gasteiger partial charge in [-0.25, -0.2) is 14.6 Å². The number of hydrogen-bond acceptors (Lipinski definition) is 6. The molecule has 0 heterocycles. The van der Waals surface area contributed by atoms with E-state index >= 15 is 0 Å². The summed E-state index contributed by atoms with van der Waals surface area (Å²) in [7, 11) is 0.